The number of rotatable bonds is 4. The predicted octanol–water partition coefficient (Wildman–Crippen LogP) is 4.11. The van der Waals surface area contributed by atoms with Crippen molar-refractivity contribution in [2.24, 2.45) is 0 Å². The Balaban J connectivity index is 1.98. The number of hydrogen-bond donors (Lipinski definition) is 1. The summed E-state index contributed by atoms with van der Waals surface area (Å²) in [5.41, 5.74) is 3.95. The van der Waals surface area contributed by atoms with Crippen LogP contribution in [0, 0.1) is 25.2 Å². The van der Waals surface area contributed by atoms with Gasteiger partial charge in [-0.25, -0.2) is 0 Å². The van der Waals surface area contributed by atoms with E-state index in [-0.39, 0.29) is 11.1 Å². The minimum Gasteiger partial charge on any atom is -0.489 e. The van der Waals surface area contributed by atoms with Gasteiger partial charge in [0.1, 0.15) is 24.0 Å². The van der Waals surface area contributed by atoms with Gasteiger partial charge < -0.3 is 9.72 Å². The van der Waals surface area contributed by atoms with E-state index in [0.717, 1.165) is 22.4 Å². The normalized spacial score (nSPS) is 10.3. The van der Waals surface area contributed by atoms with Crippen molar-refractivity contribution >= 4 is 0 Å². The van der Waals surface area contributed by atoms with Crippen LogP contribution in [-0.4, -0.2) is 4.98 Å². The monoisotopic (exact) mass is 330 g/mol. The number of nitrogens with one attached hydrogen (secondary N) is 1. The molecule has 4 nitrogen and oxygen atoms in total. The van der Waals surface area contributed by atoms with E-state index in [4.69, 9.17) is 4.74 Å². The van der Waals surface area contributed by atoms with Gasteiger partial charge in [0.15, 0.2) is 0 Å². The minimum absolute atomic E-state index is 0.114. The van der Waals surface area contributed by atoms with E-state index in [2.05, 4.69) is 4.98 Å². The predicted molar refractivity (Wildman–Crippen MR) is 97.5 cm³/mol. The van der Waals surface area contributed by atoms with Crippen molar-refractivity contribution in [2.75, 3.05) is 0 Å². The number of aromatic nitrogens is 1. The average Bonchev–Trinajstić information content (AvgIpc) is 2.61. The fourth-order valence-electron chi connectivity index (χ4n) is 2.69. The van der Waals surface area contributed by atoms with Gasteiger partial charge in [0.05, 0.1) is 0 Å². The topological polar surface area (TPSA) is 65.9 Å². The molecule has 25 heavy (non-hydrogen) atoms. The first-order valence-electron chi connectivity index (χ1n) is 8.00. The highest BCUT2D eigenvalue weighted by Gasteiger charge is 2.12. The van der Waals surface area contributed by atoms with Crippen LogP contribution in [0.25, 0.3) is 11.1 Å². The number of hydrogen-bond acceptors (Lipinski definition) is 3. The zero-order chi connectivity index (χ0) is 17.8. The third-order valence-corrected chi connectivity index (χ3v) is 4.02. The highest BCUT2D eigenvalue weighted by atomic mass is 16.5. The molecule has 0 unspecified atom stereocenters. The summed E-state index contributed by atoms with van der Waals surface area (Å²) in [6, 6.07) is 19.5. The Morgan fingerprint density at radius 2 is 1.84 bits per heavy atom. The number of nitriles is 1. The van der Waals surface area contributed by atoms with Crippen molar-refractivity contribution in [3.8, 4) is 22.9 Å². The first-order chi connectivity index (χ1) is 12.1. The molecule has 3 aromatic rings. The van der Waals surface area contributed by atoms with Gasteiger partial charge in [-0.3, -0.25) is 4.79 Å². The van der Waals surface area contributed by atoms with Gasteiger partial charge in [-0.05, 0) is 42.7 Å². The molecule has 0 amide bonds. The maximum Gasteiger partial charge on any atom is 0.266 e. The molecule has 1 N–H and O–H groups in total. The highest BCUT2D eigenvalue weighted by molar-refractivity contribution is 5.72. The highest BCUT2D eigenvalue weighted by Crippen LogP contribution is 2.29. The van der Waals surface area contributed by atoms with Crippen molar-refractivity contribution in [1.82, 2.24) is 4.98 Å². The second-order valence-corrected chi connectivity index (χ2v) is 5.94. The van der Waals surface area contributed by atoms with E-state index in [1.54, 1.807) is 6.92 Å². The van der Waals surface area contributed by atoms with Crippen molar-refractivity contribution in [3.63, 3.8) is 0 Å². The number of aryl methyl sites for hydroxylation is 2. The lowest BCUT2D eigenvalue weighted by Gasteiger charge is -2.12. The quantitative estimate of drug-likeness (QED) is 0.783. The van der Waals surface area contributed by atoms with Crippen molar-refractivity contribution in [3.05, 3.63) is 87.3 Å². The average molecular weight is 330 g/mol. The Morgan fingerprint density at radius 1 is 1.08 bits per heavy atom. The smallest absolute Gasteiger partial charge is 0.266 e. The lowest BCUT2D eigenvalue weighted by Crippen LogP contribution is -2.12. The zero-order valence-electron chi connectivity index (χ0n) is 14.2. The molecule has 0 atom stereocenters. The van der Waals surface area contributed by atoms with Crippen LogP contribution in [-0.2, 0) is 6.61 Å². The molecule has 2 aromatic carbocycles. The van der Waals surface area contributed by atoms with E-state index < -0.39 is 0 Å². The van der Waals surface area contributed by atoms with Crippen LogP contribution in [0.1, 0.15) is 22.4 Å². The number of benzene rings is 2. The van der Waals surface area contributed by atoms with Crippen LogP contribution in [0.3, 0.4) is 0 Å². The van der Waals surface area contributed by atoms with Gasteiger partial charge in [-0.2, -0.15) is 5.26 Å². The van der Waals surface area contributed by atoms with Gasteiger partial charge in [-0.1, -0.05) is 42.5 Å². The largest absolute Gasteiger partial charge is 0.489 e. The van der Waals surface area contributed by atoms with Crippen molar-refractivity contribution in [1.29, 1.82) is 5.26 Å². The molecule has 124 valence electrons. The Labute approximate surface area is 146 Å². The van der Waals surface area contributed by atoms with Gasteiger partial charge in [0.25, 0.3) is 5.56 Å². The summed E-state index contributed by atoms with van der Waals surface area (Å²) in [6.45, 7) is 4.23. The Hall–Kier alpha value is -3.32. The van der Waals surface area contributed by atoms with Gasteiger partial charge in [-0.15, -0.1) is 0 Å². The standard InChI is InChI=1S/C21H18N2O2/c1-14-8-9-17(18-10-15(2)23-21(24)19(18)12-22)11-20(14)25-13-16-6-4-3-5-7-16/h3-11H,13H2,1-2H3,(H,23,24). The number of H-pyrrole nitrogens is 1. The first kappa shape index (κ1) is 16.5. The molecule has 1 heterocycles. The van der Waals surface area contributed by atoms with Gasteiger partial charge in [0.2, 0.25) is 0 Å². The minimum atomic E-state index is -0.371. The van der Waals surface area contributed by atoms with E-state index in [0.29, 0.717) is 17.9 Å². The molecule has 4 heteroatoms. The summed E-state index contributed by atoms with van der Waals surface area (Å²) in [4.78, 5) is 14.7. The number of nitrogens with zero attached hydrogens (tertiary/aromatic N) is 1. The second-order valence-electron chi connectivity index (χ2n) is 5.94. The summed E-state index contributed by atoms with van der Waals surface area (Å²) >= 11 is 0. The molecule has 3 rings (SSSR count). The third-order valence-electron chi connectivity index (χ3n) is 4.02. The number of pyridine rings is 1. The van der Waals surface area contributed by atoms with Crippen LogP contribution in [0.2, 0.25) is 0 Å². The molecule has 0 bridgehead atoms. The summed E-state index contributed by atoms with van der Waals surface area (Å²) in [7, 11) is 0. The van der Waals surface area contributed by atoms with Crippen LogP contribution >= 0.6 is 0 Å². The molecule has 1 aromatic heterocycles. The SMILES string of the molecule is Cc1cc(-c2ccc(C)c(OCc3ccccc3)c2)c(C#N)c(=O)[nH]1. The molecule has 0 aliphatic rings. The Bertz CT molecular complexity index is 999. The summed E-state index contributed by atoms with van der Waals surface area (Å²) in [5, 5.41) is 9.33. The van der Waals surface area contributed by atoms with E-state index in [1.807, 2.05) is 67.6 Å². The van der Waals surface area contributed by atoms with Gasteiger partial charge in [0, 0.05) is 11.3 Å². The van der Waals surface area contributed by atoms with Crippen LogP contribution in [0.5, 0.6) is 5.75 Å². The molecule has 0 radical (unpaired) electrons. The van der Waals surface area contributed by atoms with Gasteiger partial charge >= 0.3 is 0 Å². The Morgan fingerprint density at radius 3 is 2.56 bits per heavy atom. The summed E-state index contributed by atoms with van der Waals surface area (Å²) in [6.07, 6.45) is 0. The maximum atomic E-state index is 12.0. The molecule has 0 spiro atoms. The lowest BCUT2D eigenvalue weighted by molar-refractivity contribution is 0.304. The second kappa shape index (κ2) is 7.06. The number of aromatic amines is 1. The maximum absolute atomic E-state index is 12.0. The molecule has 0 fully saturated rings. The molecule has 0 aliphatic heterocycles. The fourth-order valence-corrected chi connectivity index (χ4v) is 2.69. The van der Waals surface area contributed by atoms with E-state index in [9.17, 15) is 10.1 Å². The summed E-state index contributed by atoms with van der Waals surface area (Å²) in [5.74, 6) is 0.739. The van der Waals surface area contributed by atoms with E-state index in [1.165, 1.54) is 0 Å². The summed E-state index contributed by atoms with van der Waals surface area (Å²) < 4.78 is 5.95. The first-order valence-corrected chi connectivity index (χ1v) is 8.00. The van der Waals surface area contributed by atoms with Crippen LogP contribution in [0.4, 0.5) is 0 Å². The molecular weight excluding hydrogens is 312 g/mol. The fraction of sp³-hybridized carbons (Fsp3) is 0.143. The molecule has 0 saturated carbocycles. The zero-order valence-corrected chi connectivity index (χ0v) is 14.2. The lowest BCUT2D eigenvalue weighted by atomic mass is 9.99. The molecule has 0 saturated heterocycles. The number of ether oxygens (including phenoxy) is 1. The van der Waals surface area contributed by atoms with E-state index >= 15 is 0 Å². The van der Waals surface area contributed by atoms with Crippen LogP contribution < -0.4 is 10.3 Å². The van der Waals surface area contributed by atoms with Crippen LogP contribution in [0.15, 0.2) is 59.4 Å². The molecular formula is C21H18N2O2. The van der Waals surface area contributed by atoms with Crippen molar-refractivity contribution in [2.45, 2.75) is 20.5 Å². The Kier molecular flexibility index (Phi) is 4.67. The molecule has 0 aliphatic carbocycles. The van der Waals surface area contributed by atoms with Crippen molar-refractivity contribution < 1.29 is 4.74 Å². The third kappa shape index (κ3) is 3.61.